The second kappa shape index (κ2) is 6.63. The van der Waals surface area contributed by atoms with Crippen molar-refractivity contribution in [2.24, 2.45) is 12.8 Å². The van der Waals surface area contributed by atoms with E-state index in [2.05, 4.69) is 35.9 Å². The molecule has 2 aromatic rings. The van der Waals surface area contributed by atoms with E-state index in [1.807, 2.05) is 11.6 Å². The van der Waals surface area contributed by atoms with Gasteiger partial charge in [0.15, 0.2) is 5.76 Å². The Morgan fingerprint density at radius 3 is 2.56 bits per heavy atom. The van der Waals surface area contributed by atoms with Gasteiger partial charge in [0, 0.05) is 30.5 Å². The summed E-state index contributed by atoms with van der Waals surface area (Å²) in [4.78, 5) is 13.9. The first kappa shape index (κ1) is 17.7. The van der Waals surface area contributed by atoms with Gasteiger partial charge in [-0.3, -0.25) is 9.69 Å². The molecular formula is C18H27N5O2. The monoisotopic (exact) mass is 345 g/mol. The Hall–Kier alpha value is -2.15. The quantitative estimate of drug-likeness (QED) is 0.917. The summed E-state index contributed by atoms with van der Waals surface area (Å²) < 4.78 is 7.76. The Morgan fingerprint density at radius 2 is 2.04 bits per heavy atom. The lowest BCUT2D eigenvalue weighted by Gasteiger charge is -2.31. The maximum Gasteiger partial charge on any atom is 0.284 e. The van der Waals surface area contributed by atoms with Crippen LogP contribution in [0, 0.1) is 0 Å². The number of hydrogen-bond donors (Lipinski definition) is 1. The maximum absolute atomic E-state index is 11.5. The smallest absolute Gasteiger partial charge is 0.284 e. The van der Waals surface area contributed by atoms with Gasteiger partial charge in [-0.05, 0) is 32.0 Å². The van der Waals surface area contributed by atoms with Crippen molar-refractivity contribution in [3.8, 4) is 0 Å². The van der Waals surface area contributed by atoms with E-state index in [0.717, 1.165) is 49.6 Å². The zero-order chi connectivity index (χ0) is 18.2. The lowest BCUT2D eigenvalue weighted by atomic mass is 9.90. The molecule has 0 spiro atoms. The topological polar surface area (TPSA) is 90.2 Å². The number of likely N-dealkylation sites (tertiary alicyclic amines) is 1. The maximum atomic E-state index is 11.5. The van der Waals surface area contributed by atoms with Crippen LogP contribution in [0.3, 0.4) is 0 Å². The van der Waals surface area contributed by atoms with Crippen LogP contribution in [0.25, 0.3) is 0 Å². The zero-order valence-electron chi connectivity index (χ0n) is 15.5. The van der Waals surface area contributed by atoms with Crippen molar-refractivity contribution in [1.29, 1.82) is 0 Å². The van der Waals surface area contributed by atoms with Crippen LogP contribution in [0.2, 0.25) is 0 Å². The largest absolute Gasteiger partial charge is 0.455 e. The molecule has 1 saturated heterocycles. The molecule has 0 aromatic carbocycles. The number of aromatic nitrogens is 3. The number of amides is 1. The van der Waals surface area contributed by atoms with Crippen molar-refractivity contribution in [1.82, 2.24) is 19.7 Å². The van der Waals surface area contributed by atoms with Gasteiger partial charge in [0.25, 0.3) is 5.91 Å². The molecule has 0 bridgehead atoms. The summed E-state index contributed by atoms with van der Waals surface area (Å²) in [5.41, 5.74) is 6.28. The summed E-state index contributed by atoms with van der Waals surface area (Å²) in [5, 5.41) is 8.23. The molecule has 2 N–H and O–H groups in total. The third-order valence-electron chi connectivity index (χ3n) is 4.83. The molecule has 1 amide bonds. The fourth-order valence-corrected chi connectivity index (χ4v) is 3.55. The van der Waals surface area contributed by atoms with Gasteiger partial charge in [0.1, 0.15) is 17.9 Å². The van der Waals surface area contributed by atoms with E-state index in [0.29, 0.717) is 5.92 Å². The van der Waals surface area contributed by atoms with E-state index in [1.54, 1.807) is 12.4 Å². The van der Waals surface area contributed by atoms with Crippen molar-refractivity contribution in [3.05, 3.63) is 35.3 Å². The van der Waals surface area contributed by atoms with E-state index < -0.39 is 5.91 Å². The highest BCUT2D eigenvalue weighted by atomic mass is 16.4. The highest BCUT2D eigenvalue weighted by Crippen LogP contribution is 2.32. The number of hydrogen-bond acceptors (Lipinski definition) is 5. The third kappa shape index (κ3) is 3.76. The summed E-state index contributed by atoms with van der Waals surface area (Å²) in [5.74, 6) is 2.09. The van der Waals surface area contributed by atoms with Crippen molar-refractivity contribution < 1.29 is 9.21 Å². The third-order valence-corrected chi connectivity index (χ3v) is 4.83. The molecule has 0 unspecified atom stereocenters. The van der Waals surface area contributed by atoms with Gasteiger partial charge in [0.05, 0.1) is 0 Å². The molecule has 2 aromatic heterocycles. The lowest BCUT2D eigenvalue weighted by molar-refractivity contribution is 0.0970. The number of aryl methyl sites for hydroxylation is 1. The fraction of sp³-hybridized carbons (Fsp3) is 0.611. The number of nitrogens with zero attached hydrogens (tertiary/aromatic N) is 4. The minimum atomic E-state index is -0.516. The highest BCUT2D eigenvalue weighted by Gasteiger charge is 2.28. The SMILES string of the molecule is Cn1cnnc1C1CCN(Cc2cc(C(N)=O)oc2C(C)(C)C)CC1. The van der Waals surface area contributed by atoms with Gasteiger partial charge in [-0.25, -0.2) is 0 Å². The Kier molecular flexibility index (Phi) is 4.69. The number of rotatable bonds is 4. The summed E-state index contributed by atoms with van der Waals surface area (Å²) in [6, 6.07) is 1.80. The molecule has 0 saturated carbocycles. The second-order valence-electron chi connectivity index (χ2n) is 7.93. The average Bonchev–Trinajstić information content (AvgIpc) is 3.14. The van der Waals surface area contributed by atoms with Gasteiger partial charge >= 0.3 is 0 Å². The summed E-state index contributed by atoms with van der Waals surface area (Å²) in [6.45, 7) is 8.99. The van der Waals surface area contributed by atoms with Crippen LogP contribution < -0.4 is 5.73 Å². The predicted octanol–water partition coefficient (Wildman–Crippen LogP) is 2.18. The predicted molar refractivity (Wildman–Crippen MR) is 94.2 cm³/mol. The molecule has 1 fully saturated rings. The van der Waals surface area contributed by atoms with Crippen LogP contribution in [-0.2, 0) is 19.0 Å². The molecule has 25 heavy (non-hydrogen) atoms. The molecule has 1 aliphatic rings. The normalized spacial score (nSPS) is 17.1. The Bertz CT molecular complexity index is 748. The molecule has 0 atom stereocenters. The number of primary amides is 1. The van der Waals surface area contributed by atoms with Crippen LogP contribution in [0.4, 0.5) is 0 Å². The number of nitrogens with two attached hydrogens (primary N) is 1. The Morgan fingerprint density at radius 1 is 1.36 bits per heavy atom. The molecule has 0 radical (unpaired) electrons. The van der Waals surface area contributed by atoms with Crippen LogP contribution in [0.1, 0.15) is 67.2 Å². The fourth-order valence-electron chi connectivity index (χ4n) is 3.55. The van der Waals surface area contributed by atoms with E-state index >= 15 is 0 Å². The van der Waals surface area contributed by atoms with Crippen molar-refractivity contribution in [2.45, 2.75) is 51.5 Å². The van der Waals surface area contributed by atoms with Gasteiger partial charge in [-0.15, -0.1) is 10.2 Å². The standard InChI is InChI=1S/C18H27N5O2/c1-18(2,3)15-13(9-14(25-15)16(19)24)10-23-7-5-12(6-8-23)17-21-20-11-22(17)4/h9,11-12H,5-8,10H2,1-4H3,(H2,19,24). The van der Waals surface area contributed by atoms with E-state index in [-0.39, 0.29) is 11.2 Å². The van der Waals surface area contributed by atoms with Crippen LogP contribution in [0.5, 0.6) is 0 Å². The molecule has 1 aliphatic heterocycles. The van der Waals surface area contributed by atoms with Crippen LogP contribution in [-0.4, -0.2) is 38.7 Å². The van der Waals surface area contributed by atoms with Gasteiger partial charge < -0.3 is 14.7 Å². The molecule has 7 nitrogen and oxygen atoms in total. The molecule has 3 heterocycles. The first-order chi connectivity index (χ1) is 11.8. The first-order valence-electron chi connectivity index (χ1n) is 8.75. The summed E-state index contributed by atoms with van der Waals surface area (Å²) in [6.07, 6.45) is 3.87. The minimum Gasteiger partial charge on any atom is -0.455 e. The summed E-state index contributed by atoms with van der Waals surface area (Å²) in [7, 11) is 1.99. The van der Waals surface area contributed by atoms with E-state index in [1.165, 1.54) is 0 Å². The lowest BCUT2D eigenvalue weighted by Crippen LogP contribution is -2.33. The van der Waals surface area contributed by atoms with Crippen molar-refractivity contribution >= 4 is 5.91 Å². The van der Waals surface area contributed by atoms with E-state index in [9.17, 15) is 4.79 Å². The second-order valence-corrected chi connectivity index (χ2v) is 7.93. The number of carbonyl (C=O) groups excluding carboxylic acids is 1. The highest BCUT2D eigenvalue weighted by molar-refractivity contribution is 5.90. The molecular weight excluding hydrogens is 318 g/mol. The molecule has 7 heteroatoms. The van der Waals surface area contributed by atoms with Gasteiger partial charge in [-0.2, -0.15) is 0 Å². The molecule has 0 aliphatic carbocycles. The van der Waals surface area contributed by atoms with Gasteiger partial charge in [0.2, 0.25) is 0 Å². The Balaban J connectivity index is 1.70. The zero-order valence-corrected chi connectivity index (χ0v) is 15.5. The van der Waals surface area contributed by atoms with Crippen molar-refractivity contribution in [2.75, 3.05) is 13.1 Å². The summed E-state index contributed by atoms with van der Waals surface area (Å²) >= 11 is 0. The number of furan rings is 1. The van der Waals surface area contributed by atoms with Crippen molar-refractivity contribution in [3.63, 3.8) is 0 Å². The molecule has 136 valence electrons. The Labute approximate surface area is 148 Å². The van der Waals surface area contributed by atoms with Gasteiger partial charge in [-0.1, -0.05) is 20.8 Å². The van der Waals surface area contributed by atoms with Crippen LogP contribution in [0.15, 0.2) is 16.8 Å². The van der Waals surface area contributed by atoms with E-state index in [4.69, 9.17) is 10.2 Å². The number of piperidine rings is 1. The first-order valence-corrected chi connectivity index (χ1v) is 8.75. The minimum absolute atomic E-state index is 0.167. The number of carbonyl (C=O) groups is 1. The average molecular weight is 345 g/mol. The van der Waals surface area contributed by atoms with Crippen LogP contribution >= 0.6 is 0 Å². The molecule has 3 rings (SSSR count).